The maximum absolute atomic E-state index is 12.1. The van der Waals surface area contributed by atoms with Crippen molar-refractivity contribution in [2.24, 2.45) is 0 Å². The van der Waals surface area contributed by atoms with Crippen molar-refractivity contribution in [3.05, 3.63) is 11.7 Å². The number of carbonyl (C=O) groups excluding carboxylic acids is 2. The van der Waals surface area contributed by atoms with Gasteiger partial charge in [-0.05, 0) is 34.1 Å². The monoisotopic (exact) mass is 327 g/mol. The van der Waals surface area contributed by atoms with Gasteiger partial charge in [0.2, 0.25) is 17.5 Å². The molecule has 1 amide bonds. The molecule has 1 rings (SSSR count). The predicted molar refractivity (Wildman–Crippen MR) is 78.0 cm³/mol. The lowest BCUT2D eigenvalue weighted by Gasteiger charge is -2.21. The Morgan fingerprint density at radius 1 is 1.35 bits per heavy atom. The zero-order chi connectivity index (χ0) is 17.6. The van der Waals surface area contributed by atoms with E-state index in [1.165, 1.54) is 6.92 Å². The van der Waals surface area contributed by atoms with Crippen LogP contribution in [0, 0.1) is 0 Å². The van der Waals surface area contributed by atoms with Gasteiger partial charge in [-0.1, -0.05) is 5.16 Å². The number of rotatable bonds is 7. The van der Waals surface area contributed by atoms with Crippen LogP contribution in [0.4, 0.5) is 4.79 Å². The number of aromatic nitrogens is 2. The van der Waals surface area contributed by atoms with Crippen molar-refractivity contribution in [3.8, 4) is 0 Å². The third-order valence-corrected chi connectivity index (χ3v) is 2.60. The molecule has 0 unspecified atom stereocenters. The lowest BCUT2D eigenvalue weighted by Crippen LogP contribution is -2.42. The molecule has 1 aromatic heterocycles. The van der Waals surface area contributed by atoms with Crippen LogP contribution in [0.5, 0.6) is 0 Å². The molecule has 23 heavy (non-hydrogen) atoms. The molecule has 1 atom stereocenters. The second kappa shape index (κ2) is 7.70. The number of ketones is 1. The highest BCUT2D eigenvalue weighted by atomic mass is 16.6. The maximum atomic E-state index is 12.1. The minimum Gasteiger partial charge on any atom is -0.481 e. The van der Waals surface area contributed by atoms with Gasteiger partial charge in [-0.25, -0.2) is 4.79 Å². The number of ether oxygens (including phenoxy) is 1. The molecule has 128 valence electrons. The molecule has 0 saturated carbocycles. The Morgan fingerprint density at radius 3 is 2.57 bits per heavy atom. The Kier molecular flexibility index (Phi) is 6.23. The molecule has 0 fully saturated rings. The lowest BCUT2D eigenvalue weighted by molar-refractivity contribution is -0.137. The topological polar surface area (TPSA) is 132 Å². The van der Waals surface area contributed by atoms with E-state index in [9.17, 15) is 14.4 Å². The van der Waals surface area contributed by atoms with Gasteiger partial charge >= 0.3 is 12.1 Å². The van der Waals surface area contributed by atoms with E-state index in [1.54, 1.807) is 20.8 Å². The molecule has 2 N–H and O–H groups in total. The van der Waals surface area contributed by atoms with Gasteiger partial charge in [-0.15, -0.1) is 0 Å². The SMILES string of the molecule is C[C@H](NC(=O)OC(C)(C)C)C(=O)c1noc(CCCC(=O)O)n1. The molecule has 9 heteroatoms. The molecule has 0 aliphatic carbocycles. The summed E-state index contributed by atoms with van der Waals surface area (Å²) in [5.74, 6) is -1.43. The zero-order valence-corrected chi connectivity index (χ0v) is 13.6. The summed E-state index contributed by atoms with van der Waals surface area (Å²) in [4.78, 5) is 38.0. The molecule has 9 nitrogen and oxygen atoms in total. The minimum absolute atomic E-state index is 0.0255. The number of hydrogen-bond donors (Lipinski definition) is 2. The number of carboxylic acid groups (broad SMARTS) is 1. The van der Waals surface area contributed by atoms with Gasteiger partial charge in [-0.3, -0.25) is 9.59 Å². The van der Waals surface area contributed by atoms with E-state index in [-0.39, 0.29) is 24.6 Å². The number of amides is 1. The summed E-state index contributed by atoms with van der Waals surface area (Å²) < 4.78 is 9.94. The van der Waals surface area contributed by atoms with Crippen molar-refractivity contribution in [3.63, 3.8) is 0 Å². The van der Waals surface area contributed by atoms with E-state index >= 15 is 0 Å². The summed E-state index contributed by atoms with van der Waals surface area (Å²) in [6.45, 7) is 6.61. The van der Waals surface area contributed by atoms with Crippen LogP contribution in [0.2, 0.25) is 0 Å². The first kappa shape index (κ1) is 18.6. The fourth-order valence-corrected chi connectivity index (χ4v) is 1.59. The lowest BCUT2D eigenvalue weighted by atomic mass is 10.2. The summed E-state index contributed by atoms with van der Waals surface area (Å²) in [6.07, 6.45) is -0.150. The van der Waals surface area contributed by atoms with Gasteiger partial charge in [0.05, 0.1) is 6.04 Å². The molecule has 0 saturated heterocycles. The van der Waals surface area contributed by atoms with Crippen molar-refractivity contribution in [2.75, 3.05) is 0 Å². The number of carbonyl (C=O) groups is 3. The van der Waals surface area contributed by atoms with Crippen LogP contribution in [-0.4, -0.2) is 44.7 Å². The second-order valence-corrected chi connectivity index (χ2v) is 5.99. The molecule has 1 heterocycles. The Labute approximate surface area is 133 Å². The zero-order valence-electron chi connectivity index (χ0n) is 13.6. The van der Waals surface area contributed by atoms with Crippen LogP contribution in [0.1, 0.15) is 57.0 Å². The number of aliphatic carboxylic acids is 1. The highest BCUT2D eigenvalue weighted by Gasteiger charge is 2.25. The molecule has 0 aliphatic rings. The van der Waals surface area contributed by atoms with Crippen molar-refractivity contribution in [1.29, 1.82) is 0 Å². The summed E-state index contributed by atoms with van der Waals surface area (Å²) in [6, 6.07) is -0.880. The first-order chi connectivity index (χ1) is 10.6. The Bertz CT molecular complexity index is 575. The van der Waals surface area contributed by atoms with Gasteiger partial charge < -0.3 is 19.7 Å². The van der Waals surface area contributed by atoms with Crippen molar-refractivity contribution in [1.82, 2.24) is 15.5 Å². The summed E-state index contributed by atoms with van der Waals surface area (Å²) in [5, 5.41) is 14.5. The van der Waals surface area contributed by atoms with Crippen LogP contribution in [0.3, 0.4) is 0 Å². The average molecular weight is 327 g/mol. The van der Waals surface area contributed by atoms with Crippen molar-refractivity contribution >= 4 is 17.8 Å². The van der Waals surface area contributed by atoms with E-state index in [4.69, 9.17) is 14.4 Å². The third kappa shape index (κ3) is 6.90. The first-order valence-electron chi connectivity index (χ1n) is 7.16. The van der Waals surface area contributed by atoms with Gasteiger partial charge in [0, 0.05) is 12.8 Å². The number of nitrogens with zero attached hydrogens (tertiary/aromatic N) is 2. The fraction of sp³-hybridized carbons (Fsp3) is 0.643. The molecule has 0 aliphatic heterocycles. The number of carboxylic acids is 1. The predicted octanol–water partition coefficient (Wildman–Crippen LogP) is 1.57. The summed E-state index contributed by atoms with van der Waals surface area (Å²) in [5.41, 5.74) is -0.670. The quantitative estimate of drug-likeness (QED) is 0.721. The van der Waals surface area contributed by atoms with Gasteiger partial charge in [-0.2, -0.15) is 4.98 Å². The van der Waals surface area contributed by atoms with E-state index in [0.717, 1.165) is 0 Å². The first-order valence-corrected chi connectivity index (χ1v) is 7.16. The number of Topliss-reactive ketones (excluding diaryl/α,β-unsaturated/α-hetero) is 1. The normalized spacial score (nSPS) is 12.5. The molecular weight excluding hydrogens is 306 g/mol. The molecule has 0 aromatic carbocycles. The average Bonchev–Trinajstić information content (AvgIpc) is 2.83. The smallest absolute Gasteiger partial charge is 0.408 e. The number of alkyl carbamates (subject to hydrolysis) is 1. The van der Waals surface area contributed by atoms with E-state index in [0.29, 0.717) is 6.42 Å². The van der Waals surface area contributed by atoms with E-state index in [2.05, 4.69) is 15.5 Å². The fourth-order valence-electron chi connectivity index (χ4n) is 1.59. The molecule has 1 aromatic rings. The number of nitrogens with one attached hydrogen (secondary N) is 1. The van der Waals surface area contributed by atoms with Gasteiger partial charge in [0.25, 0.3) is 0 Å². The van der Waals surface area contributed by atoms with E-state index < -0.39 is 29.5 Å². The van der Waals surface area contributed by atoms with Crippen LogP contribution >= 0.6 is 0 Å². The van der Waals surface area contributed by atoms with Gasteiger partial charge in [0.1, 0.15) is 5.60 Å². The molecule has 0 spiro atoms. The molecule has 0 bridgehead atoms. The van der Waals surface area contributed by atoms with Crippen LogP contribution in [0.15, 0.2) is 4.52 Å². The largest absolute Gasteiger partial charge is 0.481 e. The van der Waals surface area contributed by atoms with Crippen LogP contribution < -0.4 is 5.32 Å². The highest BCUT2D eigenvalue weighted by molar-refractivity contribution is 5.98. The van der Waals surface area contributed by atoms with Crippen LogP contribution in [0.25, 0.3) is 0 Å². The third-order valence-electron chi connectivity index (χ3n) is 2.60. The second-order valence-electron chi connectivity index (χ2n) is 5.99. The molecular formula is C14H21N3O6. The van der Waals surface area contributed by atoms with Crippen molar-refractivity contribution < 1.29 is 28.8 Å². The van der Waals surface area contributed by atoms with Crippen LogP contribution in [-0.2, 0) is 16.0 Å². The number of aryl methyl sites for hydroxylation is 1. The standard InChI is InChI=1S/C14H21N3O6/c1-8(15-13(21)22-14(2,3)4)11(20)12-16-9(23-17-12)6-5-7-10(18)19/h8H,5-7H2,1-4H3,(H,15,21)(H,18,19)/t8-/m0/s1. The Hall–Kier alpha value is -2.45. The number of hydrogen-bond acceptors (Lipinski definition) is 7. The summed E-state index contributed by atoms with van der Waals surface area (Å²) in [7, 11) is 0. The summed E-state index contributed by atoms with van der Waals surface area (Å²) >= 11 is 0. The van der Waals surface area contributed by atoms with Crippen molar-refractivity contribution in [2.45, 2.75) is 58.6 Å². The minimum atomic E-state index is -0.920. The highest BCUT2D eigenvalue weighted by Crippen LogP contribution is 2.08. The Balaban J connectivity index is 2.55. The molecule has 0 radical (unpaired) electrons. The van der Waals surface area contributed by atoms with E-state index in [1.807, 2.05) is 0 Å². The maximum Gasteiger partial charge on any atom is 0.408 e. The Morgan fingerprint density at radius 2 is 2.00 bits per heavy atom. The van der Waals surface area contributed by atoms with Gasteiger partial charge in [0.15, 0.2) is 0 Å².